The highest BCUT2D eigenvalue weighted by molar-refractivity contribution is 5.99. The van der Waals surface area contributed by atoms with Crippen LogP contribution in [0.15, 0.2) is 115 Å². The first kappa shape index (κ1) is 42.8. The second kappa shape index (κ2) is 23.9. The van der Waals surface area contributed by atoms with Crippen molar-refractivity contribution < 1.29 is 9.53 Å². The van der Waals surface area contributed by atoms with E-state index >= 15 is 0 Å². The molecular weight excluding hydrogens is 621 g/mol. The molecule has 0 bridgehead atoms. The van der Waals surface area contributed by atoms with Gasteiger partial charge in [0.05, 0.1) is 0 Å². The first-order chi connectivity index (χ1) is 24.7. The van der Waals surface area contributed by atoms with Crippen LogP contribution in [0, 0.1) is 20.8 Å². The summed E-state index contributed by atoms with van der Waals surface area (Å²) < 4.78 is 6.34. The first-order valence-corrected chi connectivity index (χ1v) is 19.2. The van der Waals surface area contributed by atoms with Gasteiger partial charge in [-0.25, -0.2) is 0 Å². The molecule has 0 aliphatic carbocycles. The van der Waals surface area contributed by atoms with Crippen molar-refractivity contribution in [1.29, 1.82) is 0 Å². The maximum atomic E-state index is 13.2. The van der Waals surface area contributed by atoms with Gasteiger partial charge in [0.1, 0.15) is 12.4 Å². The molecule has 0 amide bonds. The molecule has 0 saturated carbocycles. The molecule has 4 rings (SSSR count). The molecule has 0 N–H and O–H groups in total. The summed E-state index contributed by atoms with van der Waals surface area (Å²) >= 11 is 0. The molecule has 0 fully saturated rings. The monoisotopic (exact) mass is 684 g/mol. The molecule has 1 atom stereocenters. The minimum absolute atomic E-state index is 0.230. The van der Waals surface area contributed by atoms with Crippen molar-refractivity contribution in [1.82, 2.24) is 0 Å². The summed E-state index contributed by atoms with van der Waals surface area (Å²) in [4.78, 5) is 13.2. The highest BCUT2D eigenvalue weighted by Crippen LogP contribution is 2.30. The van der Waals surface area contributed by atoms with Gasteiger partial charge in [0.2, 0.25) is 0 Å². The third-order valence-corrected chi connectivity index (χ3v) is 9.25. The van der Waals surface area contributed by atoms with E-state index < -0.39 is 0 Å². The largest absolute Gasteiger partial charge is 0.489 e. The Morgan fingerprint density at radius 1 is 0.843 bits per heavy atom. The molecule has 0 heterocycles. The molecule has 4 aromatic rings. The molecule has 2 heteroatoms. The minimum Gasteiger partial charge on any atom is -0.489 e. The van der Waals surface area contributed by atoms with Crippen LogP contribution < -0.4 is 4.74 Å². The van der Waals surface area contributed by atoms with Crippen LogP contribution in [0.25, 0.3) is 0 Å². The fourth-order valence-corrected chi connectivity index (χ4v) is 6.52. The Kier molecular flexibility index (Phi) is 20.1. The Morgan fingerprint density at radius 3 is 2.22 bits per heavy atom. The molecule has 4 aromatic carbocycles. The Labute approximate surface area is 311 Å². The zero-order chi connectivity index (χ0) is 37.6. The van der Waals surface area contributed by atoms with E-state index in [1.54, 1.807) is 0 Å². The van der Waals surface area contributed by atoms with Crippen molar-refractivity contribution >= 4 is 5.78 Å². The third kappa shape index (κ3) is 14.4. The van der Waals surface area contributed by atoms with Crippen molar-refractivity contribution in [2.45, 2.75) is 126 Å². The SMILES string of the molecule is C=C=C(CC)CCc1c(C)cccc1COc1cccc(CC(C)c2cc(C)cc(C)c2C(=O)CCCCC)c1.C=CCc1ccccc1.CC. The van der Waals surface area contributed by atoms with Gasteiger partial charge >= 0.3 is 0 Å². The van der Waals surface area contributed by atoms with Crippen LogP contribution in [0.2, 0.25) is 0 Å². The number of ether oxygens (including phenoxy) is 1. The van der Waals surface area contributed by atoms with E-state index in [1.165, 1.54) is 44.5 Å². The van der Waals surface area contributed by atoms with E-state index in [1.807, 2.05) is 44.2 Å². The van der Waals surface area contributed by atoms with E-state index in [2.05, 4.69) is 121 Å². The van der Waals surface area contributed by atoms with E-state index in [-0.39, 0.29) is 11.7 Å². The lowest BCUT2D eigenvalue weighted by molar-refractivity contribution is 0.0977. The zero-order valence-electron chi connectivity index (χ0n) is 33.0. The highest BCUT2D eigenvalue weighted by atomic mass is 16.5. The lowest BCUT2D eigenvalue weighted by Crippen LogP contribution is -2.11. The van der Waals surface area contributed by atoms with Gasteiger partial charge < -0.3 is 4.74 Å². The molecule has 0 aliphatic rings. The smallest absolute Gasteiger partial charge is 0.163 e. The maximum Gasteiger partial charge on any atom is 0.163 e. The standard InChI is InChI=1S/C38H48O2.C9H10.C2H6/c1-8-11-12-19-37(39)38-30(7)22-27(4)23-36(38)29(6)24-32-16-14-18-34(25-32)40-26-33-17-13-15-28(5)35(33)21-20-31(9-2)10-3;1-2-6-9-7-4-3-5-8-9;1-2/h13-18,22-23,25,29H,2,8,10-12,19-21,24,26H2,1,3-7H3;2-5,7-8H,1,6H2;1-2H3. The zero-order valence-corrected chi connectivity index (χ0v) is 33.0. The predicted octanol–water partition coefficient (Wildman–Crippen LogP) is 13.8. The van der Waals surface area contributed by atoms with E-state index in [9.17, 15) is 4.79 Å². The third-order valence-electron chi connectivity index (χ3n) is 9.25. The fourth-order valence-electron chi connectivity index (χ4n) is 6.52. The Morgan fingerprint density at radius 2 is 1.55 bits per heavy atom. The van der Waals surface area contributed by atoms with Crippen LogP contribution in [0.3, 0.4) is 0 Å². The number of hydrogen-bond acceptors (Lipinski definition) is 2. The molecule has 272 valence electrons. The van der Waals surface area contributed by atoms with Crippen LogP contribution >= 0.6 is 0 Å². The molecule has 0 aromatic heterocycles. The van der Waals surface area contributed by atoms with Gasteiger partial charge in [-0.2, -0.15) is 0 Å². The fraction of sp³-hybridized carbons (Fsp3) is 0.388. The average molecular weight is 685 g/mol. The van der Waals surface area contributed by atoms with Crippen LogP contribution in [0.4, 0.5) is 0 Å². The van der Waals surface area contributed by atoms with E-state index in [4.69, 9.17) is 4.74 Å². The number of rotatable bonds is 17. The van der Waals surface area contributed by atoms with E-state index in [0.29, 0.717) is 13.0 Å². The van der Waals surface area contributed by atoms with Crippen LogP contribution in [-0.4, -0.2) is 5.78 Å². The van der Waals surface area contributed by atoms with Gasteiger partial charge in [0, 0.05) is 12.0 Å². The molecule has 0 spiro atoms. The van der Waals surface area contributed by atoms with Crippen molar-refractivity contribution in [3.05, 3.63) is 166 Å². The Hall–Kier alpha value is -4.39. The Bertz CT molecular complexity index is 1690. The van der Waals surface area contributed by atoms with Gasteiger partial charge in [-0.15, -0.1) is 12.3 Å². The van der Waals surface area contributed by atoms with Crippen LogP contribution in [-0.2, 0) is 25.9 Å². The van der Waals surface area contributed by atoms with Gasteiger partial charge in [0.15, 0.2) is 5.78 Å². The molecule has 0 saturated heterocycles. The lowest BCUT2D eigenvalue weighted by atomic mass is 9.84. The van der Waals surface area contributed by atoms with Crippen LogP contribution in [0.5, 0.6) is 5.75 Å². The molecule has 1 unspecified atom stereocenters. The topological polar surface area (TPSA) is 26.3 Å². The first-order valence-electron chi connectivity index (χ1n) is 19.2. The number of ketones is 1. The summed E-state index contributed by atoms with van der Waals surface area (Å²) in [6, 6.07) is 29.6. The summed E-state index contributed by atoms with van der Waals surface area (Å²) in [7, 11) is 0. The molecule has 51 heavy (non-hydrogen) atoms. The number of aryl methyl sites for hydroxylation is 3. The van der Waals surface area contributed by atoms with Gasteiger partial charge in [0.25, 0.3) is 0 Å². The second-order valence-corrected chi connectivity index (χ2v) is 13.3. The summed E-state index contributed by atoms with van der Waals surface area (Å²) in [6.07, 6.45) is 10.5. The number of carbonyl (C=O) groups excluding carboxylic acids is 1. The van der Waals surface area contributed by atoms with Crippen LogP contribution in [0.1, 0.15) is 134 Å². The molecule has 0 radical (unpaired) electrons. The quantitative estimate of drug-likeness (QED) is 0.0479. The normalized spacial score (nSPS) is 10.8. The number of Topliss-reactive ketones (excluding diaryl/α,β-unsaturated/α-hetero) is 1. The van der Waals surface area contributed by atoms with Crippen molar-refractivity contribution in [2.24, 2.45) is 0 Å². The predicted molar refractivity (Wildman–Crippen MR) is 221 cm³/mol. The van der Waals surface area contributed by atoms with Crippen molar-refractivity contribution in [2.75, 3.05) is 0 Å². The number of hydrogen-bond donors (Lipinski definition) is 0. The lowest BCUT2D eigenvalue weighted by Gasteiger charge is -2.20. The number of allylic oxidation sites excluding steroid dienone is 2. The summed E-state index contributed by atoms with van der Waals surface area (Å²) in [5.74, 6) is 1.40. The molecule has 2 nitrogen and oxygen atoms in total. The summed E-state index contributed by atoms with van der Waals surface area (Å²) in [5.41, 5.74) is 15.2. The number of benzene rings is 4. The number of carbonyl (C=O) groups is 1. The average Bonchev–Trinajstić information content (AvgIpc) is 3.13. The minimum atomic E-state index is 0.230. The summed E-state index contributed by atoms with van der Waals surface area (Å²) in [5, 5.41) is 0. The van der Waals surface area contributed by atoms with Crippen molar-refractivity contribution in [3.8, 4) is 5.75 Å². The maximum absolute atomic E-state index is 13.2. The Balaban J connectivity index is 0.000000702. The highest BCUT2D eigenvalue weighted by Gasteiger charge is 2.20. The second-order valence-electron chi connectivity index (χ2n) is 13.3. The van der Waals surface area contributed by atoms with Crippen molar-refractivity contribution in [3.63, 3.8) is 0 Å². The number of unbranched alkanes of at least 4 members (excludes halogenated alkanes) is 2. The molecular formula is C49H64O2. The molecule has 0 aliphatic heterocycles. The van der Waals surface area contributed by atoms with Gasteiger partial charge in [-0.1, -0.05) is 138 Å². The summed E-state index contributed by atoms with van der Waals surface area (Å²) in [6.45, 7) is 25.0. The van der Waals surface area contributed by atoms with Gasteiger partial charge in [-0.05, 0) is 122 Å². The van der Waals surface area contributed by atoms with E-state index in [0.717, 1.165) is 68.2 Å². The van der Waals surface area contributed by atoms with Gasteiger partial charge in [-0.3, -0.25) is 4.79 Å².